The number of halogens is 4. The quantitative estimate of drug-likeness (QED) is 0.506. The van der Waals surface area contributed by atoms with Gasteiger partial charge in [0.1, 0.15) is 11.5 Å². The summed E-state index contributed by atoms with van der Waals surface area (Å²) in [6.07, 6.45) is -4.60. The zero-order valence-corrected chi connectivity index (χ0v) is 13.2. The summed E-state index contributed by atoms with van der Waals surface area (Å²) in [5, 5.41) is 0. The van der Waals surface area contributed by atoms with E-state index in [0.29, 0.717) is 24.7 Å². The molecule has 2 nitrogen and oxygen atoms in total. The van der Waals surface area contributed by atoms with E-state index < -0.39 is 17.4 Å². The molecule has 0 radical (unpaired) electrons. The van der Waals surface area contributed by atoms with Crippen molar-refractivity contribution in [2.45, 2.75) is 32.1 Å². The molecule has 0 aliphatic rings. The predicted molar refractivity (Wildman–Crippen MR) is 82.1 cm³/mol. The molecule has 0 saturated carbocycles. The van der Waals surface area contributed by atoms with Gasteiger partial charge in [0, 0.05) is 12.0 Å². The molecule has 0 spiro atoms. The summed E-state index contributed by atoms with van der Waals surface area (Å²) in [5.74, 6) is 0.695. The van der Waals surface area contributed by atoms with Crippen LogP contribution in [0.1, 0.15) is 36.2 Å². The average Bonchev–Trinajstić information content (AvgIpc) is 2.54. The Morgan fingerprint density at radius 2 is 1.38 bits per heavy atom. The van der Waals surface area contributed by atoms with Gasteiger partial charge in [-0.3, -0.25) is 4.79 Å². The summed E-state index contributed by atoms with van der Waals surface area (Å²) in [6.45, 7) is 2.24. The second-order valence-corrected chi connectivity index (χ2v) is 5.43. The molecule has 2 aromatic rings. The van der Waals surface area contributed by atoms with Gasteiger partial charge in [0.05, 0.1) is 0 Å². The molecule has 2 aromatic carbocycles. The molecule has 1 atom stereocenters. The zero-order valence-electron chi connectivity index (χ0n) is 13.2. The first-order valence-corrected chi connectivity index (χ1v) is 7.32. The molecule has 128 valence electrons. The van der Waals surface area contributed by atoms with Crippen LogP contribution in [0, 0.1) is 0 Å². The molecule has 1 unspecified atom stereocenters. The Hall–Kier alpha value is -2.37. The second-order valence-electron chi connectivity index (χ2n) is 5.43. The van der Waals surface area contributed by atoms with Crippen molar-refractivity contribution >= 4 is 5.78 Å². The third kappa shape index (κ3) is 3.75. The topological polar surface area (TPSA) is 26.3 Å². The van der Waals surface area contributed by atoms with Crippen molar-refractivity contribution in [1.29, 1.82) is 0 Å². The lowest BCUT2D eigenvalue weighted by Gasteiger charge is -2.24. The number of alkyl halides is 4. The highest BCUT2D eigenvalue weighted by Crippen LogP contribution is 2.42. The lowest BCUT2D eigenvalue weighted by molar-refractivity contribution is -0.228. The fraction of sp³-hybridized carbons (Fsp3) is 0.278. The molecule has 6 heteroatoms. The van der Waals surface area contributed by atoms with Gasteiger partial charge >= 0.3 is 6.18 Å². The minimum atomic E-state index is -4.99. The molecule has 0 fully saturated rings. The van der Waals surface area contributed by atoms with E-state index in [1.165, 1.54) is 12.1 Å². The van der Waals surface area contributed by atoms with Crippen LogP contribution >= 0.6 is 0 Å². The van der Waals surface area contributed by atoms with Crippen molar-refractivity contribution in [3.05, 3.63) is 59.7 Å². The van der Waals surface area contributed by atoms with E-state index in [4.69, 9.17) is 4.74 Å². The SMILES string of the molecule is CCC(=O)c1ccc(Oc2ccc(C(C)(F)C(F)(F)F)cc2)cc1. The monoisotopic (exact) mass is 340 g/mol. The van der Waals surface area contributed by atoms with Crippen LogP contribution in [0.3, 0.4) is 0 Å². The number of rotatable bonds is 5. The first-order chi connectivity index (χ1) is 11.1. The summed E-state index contributed by atoms with van der Waals surface area (Å²) in [6, 6.07) is 11.0. The molecule has 0 aliphatic carbocycles. The maximum Gasteiger partial charge on any atom is 0.426 e. The maximum absolute atomic E-state index is 13.8. The van der Waals surface area contributed by atoms with Crippen LogP contribution in [0.2, 0.25) is 0 Å². The number of carbonyl (C=O) groups excluding carboxylic acids is 1. The van der Waals surface area contributed by atoms with Gasteiger partial charge in [0.2, 0.25) is 5.67 Å². The molecule has 2 rings (SSSR count). The maximum atomic E-state index is 13.8. The first kappa shape index (κ1) is 18.0. The van der Waals surface area contributed by atoms with Gasteiger partial charge in [-0.15, -0.1) is 0 Å². The highest BCUT2D eigenvalue weighted by atomic mass is 19.4. The molecule has 0 saturated heterocycles. The predicted octanol–water partition coefficient (Wildman–Crippen LogP) is 5.82. The van der Waals surface area contributed by atoms with Crippen LogP contribution in [0.25, 0.3) is 0 Å². The van der Waals surface area contributed by atoms with Crippen LogP contribution in [0.15, 0.2) is 48.5 Å². The standard InChI is InChI=1S/C18H16F4O2/c1-3-16(23)12-4-8-14(9-5-12)24-15-10-6-13(7-11-15)17(2,19)18(20,21)22/h4-11H,3H2,1-2H3. The van der Waals surface area contributed by atoms with Gasteiger partial charge in [0.25, 0.3) is 0 Å². The number of ether oxygens (including phenoxy) is 1. The molecule has 0 N–H and O–H groups in total. The van der Waals surface area contributed by atoms with Crippen molar-refractivity contribution < 1.29 is 27.1 Å². The third-order valence-electron chi connectivity index (χ3n) is 3.66. The second kappa shape index (κ2) is 6.63. The molecule has 0 bridgehead atoms. The number of benzene rings is 2. The molecule has 0 aromatic heterocycles. The highest BCUT2D eigenvalue weighted by Gasteiger charge is 2.53. The summed E-state index contributed by atoms with van der Waals surface area (Å²) in [4.78, 5) is 11.5. The highest BCUT2D eigenvalue weighted by molar-refractivity contribution is 5.95. The van der Waals surface area contributed by atoms with Crippen molar-refractivity contribution in [2.75, 3.05) is 0 Å². The Balaban J connectivity index is 2.13. The fourth-order valence-electron chi connectivity index (χ4n) is 2.05. The van der Waals surface area contributed by atoms with E-state index in [1.807, 2.05) is 0 Å². The smallest absolute Gasteiger partial charge is 0.426 e. The summed E-state index contributed by atoms with van der Waals surface area (Å²) in [7, 11) is 0. The van der Waals surface area contributed by atoms with Crippen LogP contribution in [0.5, 0.6) is 11.5 Å². The Bertz CT molecular complexity index is 701. The summed E-state index contributed by atoms with van der Waals surface area (Å²) < 4.78 is 57.3. The zero-order chi connectivity index (χ0) is 18.0. The summed E-state index contributed by atoms with van der Waals surface area (Å²) in [5.41, 5.74) is -3.36. The molecular formula is C18H16F4O2. The van der Waals surface area contributed by atoms with E-state index >= 15 is 0 Å². The average molecular weight is 340 g/mol. The van der Waals surface area contributed by atoms with E-state index in [-0.39, 0.29) is 11.5 Å². The van der Waals surface area contributed by atoms with Crippen molar-refractivity contribution in [2.24, 2.45) is 0 Å². The molecule has 0 amide bonds. The molecule has 0 aliphatic heterocycles. The lowest BCUT2D eigenvalue weighted by atomic mass is 9.97. The number of carbonyl (C=O) groups is 1. The number of Topliss-reactive ketones (excluding diaryl/α,β-unsaturated/α-hetero) is 1. The Labute approximate surface area is 137 Å². The van der Waals surface area contributed by atoms with Crippen LogP contribution in [-0.4, -0.2) is 12.0 Å². The van der Waals surface area contributed by atoms with E-state index in [1.54, 1.807) is 31.2 Å². The Morgan fingerprint density at radius 3 is 1.79 bits per heavy atom. The van der Waals surface area contributed by atoms with Crippen molar-refractivity contribution in [3.8, 4) is 11.5 Å². The fourth-order valence-corrected chi connectivity index (χ4v) is 2.05. The van der Waals surface area contributed by atoms with E-state index in [2.05, 4.69) is 0 Å². The van der Waals surface area contributed by atoms with Gasteiger partial charge in [0.15, 0.2) is 5.78 Å². The largest absolute Gasteiger partial charge is 0.457 e. The normalized spacial score (nSPS) is 14.1. The first-order valence-electron chi connectivity index (χ1n) is 7.32. The van der Waals surface area contributed by atoms with E-state index in [9.17, 15) is 22.4 Å². The van der Waals surface area contributed by atoms with Crippen LogP contribution in [0.4, 0.5) is 17.6 Å². The minimum absolute atomic E-state index is 0.000264. The number of ketones is 1. The van der Waals surface area contributed by atoms with Gasteiger partial charge in [-0.05, 0) is 48.9 Å². The Morgan fingerprint density at radius 1 is 0.917 bits per heavy atom. The Kier molecular flexibility index (Phi) is 4.96. The van der Waals surface area contributed by atoms with Crippen LogP contribution in [-0.2, 0) is 5.67 Å². The summed E-state index contributed by atoms with van der Waals surface area (Å²) >= 11 is 0. The van der Waals surface area contributed by atoms with Gasteiger partial charge < -0.3 is 4.74 Å². The van der Waals surface area contributed by atoms with E-state index in [0.717, 1.165) is 12.1 Å². The van der Waals surface area contributed by atoms with Crippen molar-refractivity contribution in [3.63, 3.8) is 0 Å². The lowest BCUT2D eigenvalue weighted by Crippen LogP contribution is -2.34. The number of hydrogen-bond donors (Lipinski definition) is 0. The molecule has 0 heterocycles. The van der Waals surface area contributed by atoms with Gasteiger partial charge in [-0.25, -0.2) is 4.39 Å². The van der Waals surface area contributed by atoms with Crippen LogP contribution < -0.4 is 4.74 Å². The minimum Gasteiger partial charge on any atom is -0.457 e. The third-order valence-corrected chi connectivity index (χ3v) is 3.66. The van der Waals surface area contributed by atoms with Gasteiger partial charge in [-0.1, -0.05) is 19.1 Å². The molecular weight excluding hydrogens is 324 g/mol. The number of hydrogen-bond acceptors (Lipinski definition) is 2. The van der Waals surface area contributed by atoms with Crippen molar-refractivity contribution in [1.82, 2.24) is 0 Å². The molecule has 24 heavy (non-hydrogen) atoms. The van der Waals surface area contributed by atoms with Gasteiger partial charge in [-0.2, -0.15) is 13.2 Å².